The van der Waals surface area contributed by atoms with Gasteiger partial charge in [0.2, 0.25) is 5.91 Å². The number of rotatable bonds is 0. The van der Waals surface area contributed by atoms with Gasteiger partial charge in [-0.05, 0) is 36.6 Å². The van der Waals surface area contributed by atoms with E-state index in [2.05, 4.69) is 5.32 Å². The van der Waals surface area contributed by atoms with Crippen molar-refractivity contribution in [3.05, 3.63) is 23.8 Å². The molecular formula is C12H11F3N2O3. The Morgan fingerprint density at radius 1 is 1.35 bits per heavy atom. The van der Waals surface area contributed by atoms with Crippen molar-refractivity contribution >= 4 is 23.3 Å². The fourth-order valence-corrected chi connectivity index (χ4v) is 2.05. The monoisotopic (exact) mass is 288 g/mol. The van der Waals surface area contributed by atoms with E-state index < -0.39 is 12.1 Å². The Kier molecular flexibility index (Phi) is 3.11. The highest BCUT2D eigenvalue weighted by molar-refractivity contribution is 6.08. The molecule has 0 radical (unpaired) electrons. The summed E-state index contributed by atoms with van der Waals surface area (Å²) < 4.78 is 31.7. The predicted molar refractivity (Wildman–Crippen MR) is 64.1 cm³/mol. The van der Waals surface area contributed by atoms with Crippen molar-refractivity contribution in [2.45, 2.75) is 24.4 Å². The molecule has 3 rings (SSSR count). The predicted octanol–water partition coefficient (Wildman–Crippen LogP) is 1.89. The van der Waals surface area contributed by atoms with Gasteiger partial charge in [0.25, 0.3) is 0 Å². The fraction of sp³-hybridized carbons (Fsp3) is 0.333. The molecule has 1 heterocycles. The number of aliphatic carboxylic acids is 1. The molecule has 1 aromatic rings. The zero-order valence-electron chi connectivity index (χ0n) is 10.1. The summed E-state index contributed by atoms with van der Waals surface area (Å²) in [7, 11) is 0. The van der Waals surface area contributed by atoms with Crippen LogP contribution in [0.4, 0.5) is 24.5 Å². The molecule has 0 aromatic heterocycles. The number of hydrogen-bond acceptors (Lipinski definition) is 3. The van der Waals surface area contributed by atoms with Gasteiger partial charge in [0.15, 0.2) is 0 Å². The number of carbonyl (C=O) groups excluding carboxylic acids is 1. The van der Waals surface area contributed by atoms with E-state index in [9.17, 15) is 18.0 Å². The SMILES string of the molecule is Nc1ccc2c(c1)C1(CC1)C(=O)N2.O=C(O)C(F)(F)F. The van der Waals surface area contributed by atoms with Gasteiger partial charge in [0, 0.05) is 11.4 Å². The van der Waals surface area contributed by atoms with Crippen LogP contribution in [0.1, 0.15) is 18.4 Å². The molecule has 1 fully saturated rings. The van der Waals surface area contributed by atoms with Crippen molar-refractivity contribution < 1.29 is 27.9 Å². The normalized spacial score (nSPS) is 17.9. The van der Waals surface area contributed by atoms with E-state index in [1.165, 1.54) is 0 Å². The maximum atomic E-state index is 11.6. The van der Waals surface area contributed by atoms with Gasteiger partial charge in [-0.2, -0.15) is 13.2 Å². The number of carbonyl (C=O) groups is 2. The molecule has 1 aliphatic heterocycles. The number of benzene rings is 1. The molecule has 1 amide bonds. The van der Waals surface area contributed by atoms with E-state index in [4.69, 9.17) is 15.6 Å². The van der Waals surface area contributed by atoms with Crippen molar-refractivity contribution in [3.8, 4) is 0 Å². The summed E-state index contributed by atoms with van der Waals surface area (Å²) in [6.45, 7) is 0. The van der Waals surface area contributed by atoms with E-state index in [1.54, 1.807) is 0 Å². The van der Waals surface area contributed by atoms with Crippen LogP contribution in [0, 0.1) is 0 Å². The number of hydrogen-bond donors (Lipinski definition) is 3. The van der Waals surface area contributed by atoms with E-state index >= 15 is 0 Å². The molecule has 4 N–H and O–H groups in total. The molecule has 1 aliphatic carbocycles. The van der Waals surface area contributed by atoms with Gasteiger partial charge in [0.05, 0.1) is 5.41 Å². The lowest BCUT2D eigenvalue weighted by atomic mass is 9.97. The third kappa shape index (κ3) is 2.40. The van der Waals surface area contributed by atoms with Crippen LogP contribution in [0.25, 0.3) is 0 Å². The number of nitrogen functional groups attached to an aromatic ring is 1. The first-order chi connectivity index (χ1) is 9.17. The number of nitrogens with one attached hydrogen (secondary N) is 1. The minimum Gasteiger partial charge on any atom is -0.475 e. The largest absolute Gasteiger partial charge is 0.490 e. The number of anilines is 2. The highest BCUT2D eigenvalue weighted by atomic mass is 19.4. The summed E-state index contributed by atoms with van der Waals surface area (Å²) in [6.07, 6.45) is -3.15. The lowest BCUT2D eigenvalue weighted by Crippen LogP contribution is -2.21. The summed E-state index contributed by atoms with van der Waals surface area (Å²) in [6, 6.07) is 5.62. The minimum atomic E-state index is -5.08. The summed E-state index contributed by atoms with van der Waals surface area (Å²) in [5.41, 5.74) is 8.26. The van der Waals surface area contributed by atoms with Gasteiger partial charge in [-0.25, -0.2) is 4.79 Å². The van der Waals surface area contributed by atoms with Gasteiger partial charge in [-0.15, -0.1) is 0 Å². The Morgan fingerprint density at radius 2 is 1.90 bits per heavy atom. The summed E-state index contributed by atoms with van der Waals surface area (Å²) in [4.78, 5) is 20.5. The van der Waals surface area contributed by atoms with Crippen molar-refractivity contribution in [3.63, 3.8) is 0 Å². The van der Waals surface area contributed by atoms with Gasteiger partial charge >= 0.3 is 12.1 Å². The standard InChI is InChI=1S/C10H10N2O.C2HF3O2/c11-6-1-2-8-7(5-6)10(3-4-10)9(13)12-8;3-2(4,5)1(6)7/h1-2,5H,3-4,11H2,(H,12,13);(H,6,7). The van der Waals surface area contributed by atoms with E-state index in [1.807, 2.05) is 18.2 Å². The first kappa shape index (κ1) is 14.2. The number of halogens is 3. The molecule has 2 aliphatic rings. The summed E-state index contributed by atoms with van der Waals surface area (Å²) in [5, 5.41) is 10.0. The van der Waals surface area contributed by atoms with Crippen LogP contribution in [-0.2, 0) is 15.0 Å². The van der Waals surface area contributed by atoms with Crippen molar-refractivity contribution in [2.75, 3.05) is 11.1 Å². The zero-order chi connectivity index (χ0) is 15.1. The zero-order valence-corrected chi connectivity index (χ0v) is 10.1. The minimum absolute atomic E-state index is 0.146. The number of amides is 1. The third-order valence-electron chi connectivity index (χ3n) is 3.23. The molecule has 5 nitrogen and oxygen atoms in total. The van der Waals surface area contributed by atoms with Gasteiger partial charge in [-0.3, -0.25) is 4.79 Å². The third-order valence-corrected chi connectivity index (χ3v) is 3.23. The second kappa shape index (κ2) is 4.39. The van der Waals surface area contributed by atoms with E-state index in [-0.39, 0.29) is 11.3 Å². The van der Waals surface area contributed by atoms with Gasteiger partial charge in [-0.1, -0.05) is 0 Å². The molecule has 0 atom stereocenters. The Balaban J connectivity index is 0.000000182. The first-order valence-electron chi connectivity index (χ1n) is 5.68. The number of nitrogens with two attached hydrogens (primary N) is 1. The highest BCUT2D eigenvalue weighted by Gasteiger charge is 2.56. The molecule has 0 unspecified atom stereocenters. The molecule has 0 saturated heterocycles. The summed E-state index contributed by atoms with van der Waals surface area (Å²) >= 11 is 0. The van der Waals surface area contributed by atoms with Crippen LogP contribution in [0.5, 0.6) is 0 Å². The average molecular weight is 288 g/mol. The molecular weight excluding hydrogens is 277 g/mol. The molecule has 0 bridgehead atoms. The lowest BCUT2D eigenvalue weighted by molar-refractivity contribution is -0.192. The highest BCUT2D eigenvalue weighted by Crippen LogP contribution is 2.55. The van der Waals surface area contributed by atoms with Crippen LogP contribution in [0.2, 0.25) is 0 Å². The average Bonchev–Trinajstić information content (AvgIpc) is 3.07. The van der Waals surface area contributed by atoms with Crippen molar-refractivity contribution in [1.29, 1.82) is 0 Å². The van der Waals surface area contributed by atoms with Crippen LogP contribution in [0.15, 0.2) is 18.2 Å². The molecule has 1 aromatic carbocycles. The van der Waals surface area contributed by atoms with Crippen molar-refractivity contribution in [2.24, 2.45) is 0 Å². The lowest BCUT2D eigenvalue weighted by Gasteiger charge is -2.03. The molecule has 1 spiro atoms. The van der Waals surface area contributed by atoms with Gasteiger partial charge in [0.1, 0.15) is 0 Å². The molecule has 20 heavy (non-hydrogen) atoms. The fourth-order valence-electron chi connectivity index (χ4n) is 2.05. The quantitative estimate of drug-likeness (QED) is 0.635. The Morgan fingerprint density at radius 3 is 2.35 bits per heavy atom. The Hall–Kier alpha value is -2.25. The second-order valence-electron chi connectivity index (χ2n) is 4.64. The number of carboxylic acid groups (broad SMARTS) is 1. The van der Waals surface area contributed by atoms with Crippen LogP contribution in [-0.4, -0.2) is 23.2 Å². The Labute approximate surface area is 111 Å². The molecule has 8 heteroatoms. The van der Waals surface area contributed by atoms with E-state index in [0.29, 0.717) is 0 Å². The Bertz CT molecular complexity index is 580. The number of alkyl halides is 3. The topological polar surface area (TPSA) is 92.4 Å². The van der Waals surface area contributed by atoms with Gasteiger partial charge < -0.3 is 16.2 Å². The maximum absolute atomic E-state index is 11.6. The number of fused-ring (bicyclic) bond motifs is 2. The van der Waals surface area contributed by atoms with E-state index in [0.717, 1.165) is 29.8 Å². The van der Waals surface area contributed by atoms with Crippen LogP contribution < -0.4 is 11.1 Å². The molecule has 1 saturated carbocycles. The smallest absolute Gasteiger partial charge is 0.475 e. The van der Waals surface area contributed by atoms with Crippen molar-refractivity contribution in [1.82, 2.24) is 0 Å². The number of carboxylic acids is 1. The molecule has 108 valence electrons. The summed E-state index contributed by atoms with van der Waals surface area (Å²) in [5.74, 6) is -2.61. The van der Waals surface area contributed by atoms with Crippen LogP contribution >= 0.6 is 0 Å². The maximum Gasteiger partial charge on any atom is 0.490 e. The van der Waals surface area contributed by atoms with Crippen LogP contribution in [0.3, 0.4) is 0 Å². The second-order valence-corrected chi connectivity index (χ2v) is 4.64. The first-order valence-corrected chi connectivity index (χ1v) is 5.68.